The van der Waals surface area contributed by atoms with Crippen LogP contribution < -0.4 is 5.73 Å². The first-order valence-corrected chi connectivity index (χ1v) is 7.54. The summed E-state index contributed by atoms with van der Waals surface area (Å²) in [7, 11) is 0. The Kier molecular flexibility index (Phi) is 4.31. The van der Waals surface area contributed by atoms with Gasteiger partial charge in [0.1, 0.15) is 11.6 Å². The molecule has 1 saturated carbocycles. The van der Waals surface area contributed by atoms with Crippen molar-refractivity contribution in [1.29, 1.82) is 0 Å². The predicted octanol–water partition coefficient (Wildman–Crippen LogP) is 4.05. The maximum absolute atomic E-state index is 6.31. The van der Waals surface area contributed by atoms with Gasteiger partial charge in [0.15, 0.2) is 0 Å². The van der Waals surface area contributed by atoms with Gasteiger partial charge >= 0.3 is 0 Å². The van der Waals surface area contributed by atoms with Crippen LogP contribution in [0.5, 0.6) is 0 Å². The molecule has 2 rings (SSSR count). The van der Waals surface area contributed by atoms with Crippen LogP contribution in [0.15, 0.2) is 0 Å². The van der Waals surface area contributed by atoms with Gasteiger partial charge in [-0.3, -0.25) is 0 Å². The number of rotatable bonds is 5. The van der Waals surface area contributed by atoms with Crippen molar-refractivity contribution in [3.63, 3.8) is 0 Å². The Labute approximate surface area is 111 Å². The molecule has 0 amide bonds. The van der Waals surface area contributed by atoms with E-state index in [4.69, 9.17) is 10.7 Å². The number of nitrogens with zero attached hydrogens (tertiary/aromatic N) is 2. The summed E-state index contributed by atoms with van der Waals surface area (Å²) in [5.41, 5.74) is 7.45. The first-order chi connectivity index (χ1) is 8.69. The maximum atomic E-state index is 6.31. The third kappa shape index (κ3) is 2.40. The molecule has 0 aliphatic heterocycles. The lowest BCUT2D eigenvalue weighted by molar-refractivity contribution is 0.601. The average molecular weight is 249 g/mol. The van der Waals surface area contributed by atoms with Crippen LogP contribution in [0.3, 0.4) is 0 Å². The molecule has 1 atom stereocenters. The predicted molar refractivity (Wildman–Crippen MR) is 76.8 cm³/mol. The summed E-state index contributed by atoms with van der Waals surface area (Å²) in [5, 5.41) is 0. The minimum Gasteiger partial charge on any atom is -0.384 e. The summed E-state index contributed by atoms with van der Waals surface area (Å²) in [6.07, 6.45) is 7.64. The van der Waals surface area contributed by atoms with Crippen molar-refractivity contribution in [3.8, 4) is 0 Å². The number of hydrogen-bond donors (Lipinski definition) is 1. The third-order valence-corrected chi connectivity index (χ3v) is 4.29. The number of aromatic nitrogens is 2. The second-order valence-corrected chi connectivity index (χ2v) is 5.66. The Bertz CT molecular complexity index is 389. The number of hydrogen-bond acceptors (Lipinski definition) is 2. The molecular weight excluding hydrogens is 222 g/mol. The van der Waals surface area contributed by atoms with E-state index in [9.17, 15) is 0 Å². The Morgan fingerprint density at radius 3 is 2.56 bits per heavy atom. The SMILES string of the molecule is CCCC(C)c1nc(C2CCCC2)n(CC)c1N. The monoisotopic (exact) mass is 249 g/mol. The van der Waals surface area contributed by atoms with Gasteiger partial charge in [0, 0.05) is 18.4 Å². The van der Waals surface area contributed by atoms with Gasteiger partial charge in [0.2, 0.25) is 0 Å². The maximum Gasteiger partial charge on any atom is 0.127 e. The van der Waals surface area contributed by atoms with Crippen molar-refractivity contribution in [2.75, 3.05) is 5.73 Å². The molecule has 2 N–H and O–H groups in total. The molecule has 0 aromatic carbocycles. The lowest BCUT2D eigenvalue weighted by Gasteiger charge is -2.11. The molecule has 1 aliphatic rings. The summed E-state index contributed by atoms with van der Waals surface area (Å²) < 4.78 is 2.25. The van der Waals surface area contributed by atoms with Crippen LogP contribution in [-0.4, -0.2) is 9.55 Å². The molecule has 1 fully saturated rings. The van der Waals surface area contributed by atoms with Gasteiger partial charge < -0.3 is 10.3 Å². The smallest absolute Gasteiger partial charge is 0.127 e. The zero-order valence-electron chi connectivity index (χ0n) is 12.1. The zero-order chi connectivity index (χ0) is 13.1. The van der Waals surface area contributed by atoms with E-state index in [1.54, 1.807) is 0 Å². The van der Waals surface area contributed by atoms with E-state index in [0.717, 1.165) is 18.1 Å². The van der Waals surface area contributed by atoms with Crippen molar-refractivity contribution < 1.29 is 0 Å². The van der Waals surface area contributed by atoms with Gasteiger partial charge in [-0.1, -0.05) is 33.1 Å². The van der Waals surface area contributed by atoms with Crippen LogP contribution in [-0.2, 0) is 6.54 Å². The highest BCUT2D eigenvalue weighted by Gasteiger charge is 2.26. The third-order valence-electron chi connectivity index (χ3n) is 4.29. The summed E-state index contributed by atoms with van der Waals surface area (Å²) in [5.74, 6) is 3.31. The highest BCUT2D eigenvalue weighted by molar-refractivity contribution is 5.41. The van der Waals surface area contributed by atoms with E-state index >= 15 is 0 Å². The molecule has 0 radical (unpaired) electrons. The molecule has 3 heteroatoms. The first kappa shape index (κ1) is 13.4. The first-order valence-electron chi connectivity index (χ1n) is 7.54. The summed E-state index contributed by atoms with van der Waals surface area (Å²) in [6, 6.07) is 0. The number of imidazole rings is 1. The summed E-state index contributed by atoms with van der Waals surface area (Å²) in [6.45, 7) is 7.59. The minimum atomic E-state index is 0.489. The minimum absolute atomic E-state index is 0.489. The van der Waals surface area contributed by atoms with Crippen LogP contribution in [0.2, 0.25) is 0 Å². The van der Waals surface area contributed by atoms with Crippen LogP contribution in [0.25, 0.3) is 0 Å². The fraction of sp³-hybridized carbons (Fsp3) is 0.800. The molecule has 1 heterocycles. The van der Waals surface area contributed by atoms with E-state index in [2.05, 4.69) is 25.3 Å². The van der Waals surface area contributed by atoms with Gasteiger partial charge in [0.05, 0.1) is 5.69 Å². The van der Waals surface area contributed by atoms with E-state index in [-0.39, 0.29) is 0 Å². The second-order valence-electron chi connectivity index (χ2n) is 5.66. The summed E-state index contributed by atoms with van der Waals surface area (Å²) >= 11 is 0. The van der Waals surface area contributed by atoms with Gasteiger partial charge in [-0.2, -0.15) is 0 Å². The fourth-order valence-corrected chi connectivity index (χ4v) is 3.26. The van der Waals surface area contributed by atoms with Gasteiger partial charge in [-0.25, -0.2) is 4.98 Å². The van der Waals surface area contributed by atoms with Gasteiger partial charge in [-0.15, -0.1) is 0 Å². The lowest BCUT2D eigenvalue weighted by Crippen LogP contribution is -2.08. The molecule has 0 spiro atoms. The highest BCUT2D eigenvalue weighted by Crippen LogP contribution is 2.37. The molecule has 18 heavy (non-hydrogen) atoms. The van der Waals surface area contributed by atoms with Crippen LogP contribution >= 0.6 is 0 Å². The zero-order valence-corrected chi connectivity index (χ0v) is 12.1. The second kappa shape index (κ2) is 5.77. The molecule has 1 aromatic rings. The Morgan fingerprint density at radius 1 is 1.33 bits per heavy atom. The van der Waals surface area contributed by atoms with Crippen molar-refractivity contribution in [2.24, 2.45) is 0 Å². The molecule has 1 unspecified atom stereocenters. The molecule has 0 saturated heterocycles. The van der Waals surface area contributed by atoms with E-state index in [1.165, 1.54) is 44.3 Å². The molecule has 102 valence electrons. The van der Waals surface area contributed by atoms with Crippen LogP contribution in [0, 0.1) is 0 Å². The Hall–Kier alpha value is -0.990. The lowest BCUT2D eigenvalue weighted by atomic mass is 10.0. The van der Waals surface area contributed by atoms with Crippen molar-refractivity contribution in [1.82, 2.24) is 9.55 Å². The van der Waals surface area contributed by atoms with Crippen LogP contribution in [0.4, 0.5) is 5.82 Å². The Morgan fingerprint density at radius 2 is 2.00 bits per heavy atom. The molecular formula is C15H27N3. The average Bonchev–Trinajstić information content (AvgIpc) is 2.96. The van der Waals surface area contributed by atoms with Crippen molar-refractivity contribution in [3.05, 3.63) is 11.5 Å². The normalized spacial score (nSPS) is 18.4. The largest absolute Gasteiger partial charge is 0.384 e. The number of nitrogens with two attached hydrogens (primary N) is 1. The standard InChI is InChI=1S/C15H27N3/c1-4-8-11(3)13-14(16)18(5-2)15(17-13)12-9-6-7-10-12/h11-12H,4-10,16H2,1-3H3. The number of nitrogen functional groups attached to an aromatic ring is 1. The van der Waals surface area contributed by atoms with Crippen molar-refractivity contribution >= 4 is 5.82 Å². The van der Waals surface area contributed by atoms with E-state index in [1.807, 2.05) is 0 Å². The molecule has 3 nitrogen and oxygen atoms in total. The van der Waals surface area contributed by atoms with E-state index in [0.29, 0.717) is 11.8 Å². The van der Waals surface area contributed by atoms with Crippen LogP contribution in [0.1, 0.15) is 82.7 Å². The van der Waals surface area contributed by atoms with Gasteiger partial charge in [0.25, 0.3) is 0 Å². The van der Waals surface area contributed by atoms with Crippen molar-refractivity contribution in [2.45, 2.75) is 77.7 Å². The quantitative estimate of drug-likeness (QED) is 0.855. The van der Waals surface area contributed by atoms with E-state index < -0.39 is 0 Å². The van der Waals surface area contributed by atoms with Gasteiger partial charge in [-0.05, 0) is 26.2 Å². The topological polar surface area (TPSA) is 43.8 Å². The highest BCUT2D eigenvalue weighted by atomic mass is 15.1. The molecule has 1 aromatic heterocycles. The number of anilines is 1. The molecule has 1 aliphatic carbocycles. The Balaban J connectivity index is 2.31. The fourth-order valence-electron chi connectivity index (χ4n) is 3.26. The molecule has 0 bridgehead atoms. The summed E-state index contributed by atoms with van der Waals surface area (Å²) in [4.78, 5) is 4.92.